The molecule has 1 N–H and O–H groups in total. The molecule has 3 heteroatoms. The largest absolute Gasteiger partial charge is 0.343 e. The minimum atomic E-state index is 0.230. The van der Waals surface area contributed by atoms with Gasteiger partial charge in [-0.15, -0.1) is 0 Å². The Bertz CT molecular complexity index is 160. The van der Waals surface area contributed by atoms with Crippen LogP contribution in [0.3, 0.4) is 0 Å². The van der Waals surface area contributed by atoms with Gasteiger partial charge in [-0.3, -0.25) is 4.79 Å². The van der Waals surface area contributed by atoms with Crippen molar-refractivity contribution in [1.29, 1.82) is 0 Å². The fraction of sp³-hybridized carbons (Fsp3) is 0.900. The predicted molar refractivity (Wildman–Crippen MR) is 53.5 cm³/mol. The normalized spacial score (nSPS) is 22.8. The number of amides is 1. The van der Waals surface area contributed by atoms with Crippen molar-refractivity contribution in [3.63, 3.8) is 0 Å². The third-order valence-electron chi connectivity index (χ3n) is 2.72. The van der Waals surface area contributed by atoms with Crippen LogP contribution >= 0.6 is 0 Å². The van der Waals surface area contributed by atoms with E-state index < -0.39 is 0 Å². The van der Waals surface area contributed by atoms with Gasteiger partial charge in [0.1, 0.15) is 0 Å². The summed E-state index contributed by atoms with van der Waals surface area (Å²) in [4.78, 5) is 13.8. The van der Waals surface area contributed by atoms with E-state index in [2.05, 4.69) is 5.32 Å². The number of nitrogens with one attached hydrogen (secondary N) is 1. The zero-order valence-corrected chi connectivity index (χ0v) is 8.68. The van der Waals surface area contributed by atoms with Gasteiger partial charge >= 0.3 is 0 Å². The van der Waals surface area contributed by atoms with Crippen LogP contribution in [-0.4, -0.2) is 37.0 Å². The van der Waals surface area contributed by atoms with Crippen LogP contribution in [0, 0.1) is 5.92 Å². The second-order valence-electron chi connectivity index (χ2n) is 3.55. The fourth-order valence-electron chi connectivity index (χ4n) is 1.86. The number of hydrogen-bond donors (Lipinski definition) is 1. The first kappa shape index (κ1) is 10.5. The molecule has 1 heterocycles. The van der Waals surface area contributed by atoms with E-state index in [0.717, 1.165) is 39.0 Å². The average molecular weight is 184 g/mol. The van der Waals surface area contributed by atoms with Gasteiger partial charge in [0, 0.05) is 19.6 Å². The third kappa shape index (κ3) is 2.69. The molecular weight excluding hydrogens is 164 g/mol. The molecule has 0 aliphatic carbocycles. The zero-order valence-electron chi connectivity index (χ0n) is 8.68. The lowest BCUT2D eigenvalue weighted by atomic mass is 9.98. The van der Waals surface area contributed by atoms with Crippen molar-refractivity contribution >= 4 is 5.91 Å². The Morgan fingerprint density at radius 2 is 2.15 bits per heavy atom. The number of nitrogens with zero attached hydrogens (tertiary/aromatic N) is 1. The molecule has 76 valence electrons. The maximum absolute atomic E-state index is 11.8. The number of hydrogen-bond acceptors (Lipinski definition) is 2. The zero-order chi connectivity index (χ0) is 9.68. The minimum absolute atomic E-state index is 0.230. The number of rotatable bonds is 3. The van der Waals surface area contributed by atoms with Gasteiger partial charge in [-0.1, -0.05) is 0 Å². The number of piperidine rings is 1. The molecule has 1 amide bonds. The molecule has 0 aromatic carbocycles. The first-order chi connectivity index (χ1) is 6.29. The molecule has 1 atom stereocenters. The molecule has 13 heavy (non-hydrogen) atoms. The van der Waals surface area contributed by atoms with Crippen LogP contribution in [0.15, 0.2) is 0 Å². The SMILES string of the molecule is CCN(CC)C(=O)C1CCCNC1. The molecule has 0 aromatic rings. The molecule has 0 radical (unpaired) electrons. The smallest absolute Gasteiger partial charge is 0.226 e. The van der Waals surface area contributed by atoms with Crippen molar-refractivity contribution in [3.05, 3.63) is 0 Å². The summed E-state index contributed by atoms with van der Waals surface area (Å²) >= 11 is 0. The van der Waals surface area contributed by atoms with Crippen LogP contribution in [0.5, 0.6) is 0 Å². The summed E-state index contributed by atoms with van der Waals surface area (Å²) in [5.74, 6) is 0.561. The van der Waals surface area contributed by atoms with Gasteiger partial charge in [0.2, 0.25) is 5.91 Å². The van der Waals surface area contributed by atoms with Crippen LogP contribution in [0.1, 0.15) is 26.7 Å². The topological polar surface area (TPSA) is 32.3 Å². The van der Waals surface area contributed by atoms with E-state index in [-0.39, 0.29) is 5.92 Å². The Hall–Kier alpha value is -0.570. The summed E-state index contributed by atoms with van der Waals surface area (Å²) in [6.07, 6.45) is 2.19. The fourth-order valence-corrected chi connectivity index (χ4v) is 1.86. The molecule has 3 nitrogen and oxygen atoms in total. The van der Waals surface area contributed by atoms with E-state index in [1.807, 2.05) is 18.7 Å². The van der Waals surface area contributed by atoms with Gasteiger partial charge in [-0.25, -0.2) is 0 Å². The van der Waals surface area contributed by atoms with Crippen LogP contribution < -0.4 is 5.32 Å². The highest BCUT2D eigenvalue weighted by atomic mass is 16.2. The van der Waals surface area contributed by atoms with E-state index >= 15 is 0 Å². The molecule has 1 saturated heterocycles. The number of carbonyl (C=O) groups is 1. The Morgan fingerprint density at radius 3 is 2.62 bits per heavy atom. The van der Waals surface area contributed by atoms with Gasteiger partial charge in [-0.2, -0.15) is 0 Å². The summed E-state index contributed by atoms with van der Waals surface area (Å²) in [7, 11) is 0. The Morgan fingerprint density at radius 1 is 1.46 bits per heavy atom. The standard InChI is InChI=1S/C10H20N2O/c1-3-12(4-2)10(13)9-6-5-7-11-8-9/h9,11H,3-8H2,1-2H3. The molecule has 1 fully saturated rings. The van der Waals surface area contributed by atoms with Crippen LogP contribution in [0.25, 0.3) is 0 Å². The third-order valence-corrected chi connectivity index (χ3v) is 2.72. The summed E-state index contributed by atoms with van der Waals surface area (Å²) in [5, 5.41) is 3.27. The first-order valence-corrected chi connectivity index (χ1v) is 5.29. The molecule has 0 spiro atoms. The summed E-state index contributed by atoms with van der Waals surface area (Å²) < 4.78 is 0. The van der Waals surface area contributed by atoms with E-state index in [4.69, 9.17) is 0 Å². The van der Waals surface area contributed by atoms with E-state index in [1.54, 1.807) is 0 Å². The Kier molecular flexibility index (Phi) is 4.22. The molecule has 0 aromatic heterocycles. The first-order valence-electron chi connectivity index (χ1n) is 5.29. The van der Waals surface area contributed by atoms with Gasteiger partial charge in [0.15, 0.2) is 0 Å². The quantitative estimate of drug-likeness (QED) is 0.705. The van der Waals surface area contributed by atoms with Crippen LogP contribution in [-0.2, 0) is 4.79 Å². The maximum atomic E-state index is 11.8. The Labute approximate surface area is 80.5 Å². The van der Waals surface area contributed by atoms with Crippen LogP contribution in [0.4, 0.5) is 0 Å². The molecule has 1 rings (SSSR count). The summed E-state index contributed by atoms with van der Waals surface area (Å²) in [6, 6.07) is 0. The van der Waals surface area contributed by atoms with Crippen LogP contribution in [0.2, 0.25) is 0 Å². The van der Waals surface area contributed by atoms with Crippen molar-refractivity contribution in [2.24, 2.45) is 5.92 Å². The molecular formula is C10H20N2O. The van der Waals surface area contributed by atoms with Crippen molar-refractivity contribution in [2.45, 2.75) is 26.7 Å². The van der Waals surface area contributed by atoms with Gasteiger partial charge < -0.3 is 10.2 Å². The van der Waals surface area contributed by atoms with E-state index in [1.165, 1.54) is 0 Å². The highest BCUT2D eigenvalue weighted by Gasteiger charge is 2.23. The van der Waals surface area contributed by atoms with Crippen molar-refractivity contribution in [3.8, 4) is 0 Å². The average Bonchev–Trinajstić information content (AvgIpc) is 2.21. The molecule has 1 aliphatic rings. The maximum Gasteiger partial charge on any atom is 0.226 e. The van der Waals surface area contributed by atoms with Crippen molar-refractivity contribution in [2.75, 3.05) is 26.2 Å². The van der Waals surface area contributed by atoms with E-state index in [9.17, 15) is 4.79 Å². The van der Waals surface area contributed by atoms with Crippen molar-refractivity contribution < 1.29 is 4.79 Å². The monoisotopic (exact) mass is 184 g/mol. The molecule has 0 saturated carbocycles. The predicted octanol–water partition coefficient (Wildman–Crippen LogP) is 0.854. The van der Waals surface area contributed by atoms with Gasteiger partial charge in [0.05, 0.1) is 5.92 Å². The number of carbonyl (C=O) groups excluding carboxylic acids is 1. The lowest BCUT2D eigenvalue weighted by Crippen LogP contribution is -2.42. The summed E-state index contributed by atoms with van der Waals surface area (Å²) in [6.45, 7) is 7.70. The second kappa shape index (κ2) is 5.22. The lowest BCUT2D eigenvalue weighted by molar-refractivity contribution is -0.135. The molecule has 1 aliphatic heterocycles. The highest BCUT2D eigenvalue weighted by molar-refractivity contribution is 5.79. The van der Waals surface area contributed by atoms with Gasteiger partial charge in [-0.05, 0) is 33.2 Å². The lowest BCUT2D eigenvalue weighted by Gasteiger charge is -2.27. The summed E-state index contributed by atoms with van der Waals surface area (Å²) in [5.41, 5.74) is 0. The van der Waals surface area contributed by atoms with E-state index in [0.29, 0.717) is 5.91 Å². The molecule has 0 bridgehead atoms. The van der Waals surface area contributed by atoms with Gasteiger partial charge in [0.25, 0.3) is 0 Å². The highest BCUT2D eigenvalue weighted by Crippen LogP contribution is 2.12. The minimum Gasteiger partial charge on any atom is -0.343 e. The Balaban J connectivity index is 2.44. The molecule has 1 unspecified atom stereocenters. The van der Waals surface area contributed by atoms with Crippen molar-refractivity contribution in [1.82, 2.24) is 10.2 Å². The second-order valence-corrected chi connectivity index (χ2v) is 3.55.